The smallest absolute Gasteiger partial charge is 0.0140 e. The zero-order valence-electron chi connectivity index (χ0n) is 33.5. The van der Waals surface area contributed by atoms with E-state index in [4.69, 9.17) is 0 Å². The molecule has 0 bridgehead atoms. The van der Waals surface area contributed by atoms with Gasteiger partial charge < -0.3 is 0 Å². The highest BCUT2D eigenvalue weighted by atomic mass is 14.6. The second-order valence-electron chi connectivity index (χ2n) is 16.2. The van der Waals surface area contributed by atoms with E-state index in [1.54, 1.807) is 0 Å². The van der Waals surface area contributed by atoms with Crippen molar-refractivity contribution in [1.29, 1.82) is 0 Å². The molecule has 0 saturated heterocycles. The second-order valence-corrected chi connectivity index (χ2v) is 16.2. The van der Waals surface area contributed by atoms with Crippen LogP contribution in [0.3, 0.4) is 0 Å². The summed E-state index contributed by atoms with van der Waals surface area (Å²) in [5, 5.41) is 0. The molecule has 44 heavy (non-hydrogen) atoms. The summed E-state index contributed by atoms with van der Waals surface area (Å²) in [5.74, 6) is 8.49. The number of hydrogen-bond donors (Lipinski definition) is 0. The molecule has 0 nitrogen and oxygen atoms in total. The van der Waals surface area contributed by atoms with Gasteiger partial charge in [0.05, 0.1) is 0 Å². The molecular weight excluding hydrogens is 528 g/mol. The highest BCUT2D eigenvalue weighted by molar-refractivity contribution is 5.16. The standard InChI is InChI=1S/C44H89/c1-14-22-25-29-39(27-17-4)33-42(31-24-16-3)44(32-19-6,38(13)36(11)35(9)10)43(37(12)41(20-7)21-8)34-40(28-18-5)30-26-23-15-2/h35-42H,14-34H2,1-13H3. The molecule has 7 atom stereocenters. The van der Waals surface area contributed by atoms with E-state index in [0.29, 0.717) is 5.41 Å². The van der Waals surface area contributed by atoms with Gasteiger partial charge in [-0.3, -0.25) is 0 Å². The first-order valence-electron chi connectivity index (χ1n) is 20.9. The molecule has 0 spiro atoms. The average Bonchev–Trinajstić information content (AvgIpc) is 3.00. The minimum Gasteiger partial charge on any atom is -0.0654 e. The van der Waals surface area contributed by atoms with E-state index >= 15 is 0 Å². The van der Waals surface area contributed by atoms with Gasteiger partial charge in [0.1, 0.15) is 0 Å². The Kier molecular flexibility index (Phi) is 26.0. The molecule has 0 amide bonds. The first kappa shape index (κ1) is 44.0. The third-order valence-electron chi connectivity index (χ3n) is 12.8. The van der Waals surface area contributed by atoms with Crippen LogP contribution < -0.4 is 0 Å². The van der Waals surface area contributed by atoms with Crippen LogP contribution in [0.25, 0.3) is 0 Å². The molecule has 0 aromatic heterocycles. The first-order valence-corrected chi connectivity index (χ1v) is 20.9. The minimum atomic E-state index is 0.364. The molecule has 0 heterocycles. The van der Waals surface area contributed by atoms with Gasteiger partial charge >= 0.3 is 0 Å². The van der Waals surface area contributed by atoms with Gasteiger partial charge in [-0.15, -0.1) is 0 Å². The molecule has 0 aliphatic carbocycles. The average molecular weight is 618 g/mol. The predicted molar refractivity (Wildman–Crippen MR) is 204 cm³/mol. The van der Waals surface area contributed by atoms with Gasteiger partial charge in [-0.2, -0.15) is 0 Å². The van der Waals surface area contributed by atoms with Crippen LogP contribution in [-0.2, 0) is 0 Å². The Bertz CT molecular complexity index is 616. The van der Waals surface area contributed by atoms with Gasteiger partial charge in [-0.25, -0.2) is 0 Å². The van der Waals surface area contributed by atoms with Gasteiger partial charge in [0, 0.05) is 0 Å². The van der Waals surface area contributed by atoms with Crippen molar-refractivity contribution in [3.8, 4) is 0 Å². The molecule has 0 N–H and O–H groups in total. The monoisotopic (exact) mass is 618 g/mol. The van der Waals surface area contributed by atoms with Crippen molar-refractivity contribution in [1.82, 2.24) is 0 Å². The molecule has 0 fully saturated rings. The van der Waals surface area contributed by atoms with Crippen LogP contribution >= 0.6 is 0 Å². The normalized spacial score (nSPS) is 18.0. The summed E-state index contributed by atoms with van der Waals surface area (Å²) in [6, 6.07) is 0. The lowest BCUT2D eigenvalue weighted by Crippen LogP contribution is -2.49. The molecule has 7 unspecified atom stereocenters. The molecule has 0 aromatic rings. The van der Waals surface area contributed by atoms with Crippen LogP contribution in [0, 0.1) is 58.7 Å². The Morgan fingerprint density at radius 3 is 1.50 bits per heavy atom. The Balaban J connectivity index is 7.45. The third kappa shape index (κ3) is 14.4. The van der Waals surface area contributed by atoms with Gasteiger partial charge in [0.25, 0.3) is 0 Å². The van der Waals surface area contributed by atoms with Crippen molar-refractivity contribution in [3.63, 3.8) is 0 Å². The van der Waals surface area contributed by atoms with Gasteiger partial charge in [0.2, 0.25) is 0 Å². The Hall–Kier alpha value is 0. The minimum absolute atomic E-state index is 0.364. The summed E-state index contributed by atoms with van der Waals surface area (Å²) >= 11 is 0. The third-order valence-corrected chi connectivity index (χ3v) is 12.8. The molecule has 265 valence electrons. The Morgan fingerprint density at radius 2 is 1.05 bits per heavy atom. The van der Waals surface area contributed by atoms with Crippen LogP contribution in [0.5, 0.6) is 0 Å². The summed E-state index contributed by atoms with van der Waals surface area (Å²) in [6.07, 6.45) is 29.4. The maximum Gasteiger partial charge on any atom is -0.0140 e. The van der Waals surface area contributed by atoms with Crippen LogP contribution in [0.1, 0.15) is 225 Å². The van der Waals surface area contributed by atoms with Gasteiger partial charge in [0.15, 0.2) is 0 Å². The van der Waals surface area contributed by atoms with Crippen LogP contribution in [0.2, 0.25) is 0 Å². The van der Waals surface area contributed by atoms with E-state index < -0.39 is 0 Å². The highest BCUT2D eigenvalue weighted by Crippen LogP contribution is 2.60. The van der Waals surface area contributed by atoms with Crippen molar-refractivity contribution < 1.29 is 0 Å². The zero-order valence-corrected chi connectivity index (χ0v) is 33.5. The molecule has 1 radical (unpaired) electrons. The lowest BCUT2D eigenvalue weighted by atomic mass is 9.47. The van der Waals surface area contributed by atoms with E-state index in [1.807, 2.05) is 0 Å². The maximum atomic E-state index is 2.76. The van der Waals surface area contributed by atoms with Crippen LogP contribution in [-0.4, -0.2) is 0 Å². The molecule has 0 saturated carbocycles. The predicted octanol–water partition coefficient (Wildman–Crippen LogP) is 15.9. The van der Waals surface area contributed by atoms with E-state index in [9.17, 15) is 0 Å². The molecule has 0 aliphatic heterocycles. The summed E-state index contributed by atoms with van der Waals surface area (Å²) in [6.45, 7) is 32.8. The van der Waals surface area contributed by atoms with Crippen molar-refractivity contribution in [2.45, 2.75) is 225 Å². The quantitative estimate of drug-likeness (QED) is 0.0703. The number of unbranched alkanes of at least 4 members (excludes halogenated alkanes) is 5. The maximum absolute atomic E-state index is 2.76. The summed E-state index contributed by atoms with van der Waals surface area (Å²) in [4.78, 5) is 0. The van der Waals surface area contributed by atoms with E-state index in [1.165, 1.54) is 135 Å². The lowest BCUT2D eigenvalue weighted by Gasteiger charge is -2.57. The van der Waals surface area contributed by atoms with Gasteiger partial charge in [-0.05, 0) is 84.4 Å². The molecular formula is C44H89. The Morgan fingerprint density at radius 1 is 0.523 bits per heavy atom. The summed E-state index contributed by atoms with van der Waals surface area (Å²) in [7, 11) is 0. The van der Waals surface area contributed by atoms with Crippen molar-refractivity contribution in [3.05, 3.63) is 5.92 Å². The molecule has 0 aromatic carbocycles. The fourth-order valence-electron chi connectivity index (χ4n) is 9.72. The van der Waals surface area contributed by atoms with Gasteiger partial charge in [-0.1, -0.05) is 199 Å². The van der Waals surface area contributed by atoms with E-state index in [0.717, 1.165) is 47.3 Å². The molecule has 0 aliphatic rings. The topological polar surface area (TPSA) is 0 Å². The van der Waals surface area contributed by atoms with Crippen molar-refractivity contribution in [2.24, 2.45) is 52.8 Å². The zero-order chi connectivity index (χ0) is 33.5. The second kappa shape index (κ2) is 26.0. The lowest BCUT2D eigenvalue weighted by molar-refractivity contribution is -0.0102. The fraction of sp³-hybridized carbons (Fsp3) is 0.977. The van der Waals surface area contributed by atoms with Crippen LogP contribution in [0.4, 0.5) is 0 Å². The van der Waals surface area contributed by atoms with Crippen LogP contribution in [0.15, 0.2) is 0 Å². The number of rotatable bonds is 30. The fourth-order valence-corrected chi connectivity index (χ4v) is 9.72. The summed E-state index contributed by atoms with van der Waals surface area (Å²) in [5.41, 5.74) is 0.364. The first-order chi connectivity index (χ1) is 21.1. The highest BCUT2D eigenvalue weighted by Gasteiger charge is 2.52. The SMILES string of the molecule is CCCCCC(CCC)C[C](C(C)C(CC)CC)C(CCC)(C(CCCC)CC(CCC)CCCCC)C(C)C(C)C(C)C. The molecule has 0 heteroatoms. The van der Waals surface area contributed by atoms with Crippen molar-refractivity contribution in [2.75, 3.05) is 0 Å². The largest absolute Gasteiger partial charge is 0.0654 e. The van der Waals surface area contributed by atoms with E-state index in [2.05, 4.69) is 95.9 Å². The molecule has 0 rings (SSSR count). The van der Waals surface area contributed by atoms with E-state index in [-0.39, 0.29) is 0 Å². The van der Waals surface area contributed by atoms with Crippen molar-refractivity contribution >= 4 is 0 Å². The number of hydrogen-bond acceptors (Lipinski definition) is 0. The Labute approximate surface area is 282 Å². The summed E-state index contributed by atoms with van der Waals surface area (Å²) < 4.78 is 0.